The lowest BCUT2D eigenvalue weighted by Crippen LogP contribution is -2.50. The highest BCUT2D eigenvalue weighted by molar-refractivity contribution is 4.91. The summed E-state index contributed by atoms with van der Waals surface area (Å²) in [5.41, 5.74) is 0.144. The van der Waals surface area contributed by atoms with Gasteiger partial charge in [0, 0.05) is 25.9 Å². The average Bonchev–Trinajstić information content (AvgIpc) is 3.20. The average molecular weight is 253 g/mol. The third kappa shape index (κ3) is 3.46. The maximum atomic E-state index is 6.07. The zero-order valence-corrected chi connectivity index (χ0v) is 11.5. The first-order chi connectivity index (χ1) is 8.86. The van der Waals surface area contributed by atoms with E-state index in [1.165, 1.54) is 45.1 Å². The monoisotopic (exact) mass is 253 g/mol. The van der Waals surface area contributed by atoms with E-state index in [0.29, 0.717) is 6.04 Å². The molecule has 1 unspecified atom stereocenters. The summed E-state index contributed by atoms with van der Waals surface area (Å²) in [7, 11) is 0. The van der Waals surface area contributed by atoms with Crippen LogP contribution in [-0.2, 0) is 9.47 Å². The summed E-state index contributed by atoms with van der Waals surface area (Å²) in [6.45, 7) is 3.90. The summed E-state index contributed by atoms with van der Waals surface area (Å²) in [5.74, 6) is 1.07. The van der Waals surface area contributed by atoms with Crippen molar-refractivity contribution in [3.8, 4) is 0 Å². The van der Waals surface area contributed by atoms with Crippen LogP contribution in [0.2, 0.25) is 0 Å². The predicted molar refractivity (Wildman–Crippen MR) is 71.7 cm³/mol. The third-order valence-electron chi connectivity index (χ3n) is 4.82. The number of rotatable bonds is 5. The molecule has 3 nitrogen and oxygen atoms in total. The third-order valence-corrected chi connectivity index (χ3v) is 4.82. The van der Waals surface area contributed by atoms with Crippen LogP contribution in [0.4, 0.5) is 0 Å². The van der Waals surface area contributed by atoms with E-state index in [-0.39, 0.29) is 5.60 Å². The maximum Gasteiger partial charge on any atom is 0.0741 e. The molecular formula is C15H27NO2. The highest BCUT2D eigenvalue weighted by atomic mass is 16.5. The Morgan fingerprint density at radius 1 is 1.06 bits per heavy atom. The molecule has 104 valence electrons. The van der Waals surface area contributed by atoms with Crippen molar-refractivity contribution in [2.24, 2.45) is 5.92 Å². The van der Waals surface area contributed by atoms with Gasteiger partial charge in [-0.05, 0) is 51.0 Å². The molecule has 0 aromatic carbocycles. The molecule has 2 heterocycles. The first kappa shape index (κ1) is 12.9. The van der Waals surface area contributed by atoms with Crippen molar-refractivity contribution in [1.29, 1.82) is 0 Å². The zero-order chi connectivity index (χ0) is 12.3. The van der Waals surface area contributed by atoms with Gasteiger partial charge in [0.1, 0.15) is 0 Å². The number of hydrogen-bond donors (Lipinski definition) is 1. The molecule has 3 rings (SSSR count). The molecule has 1 saturated carbocycles. The fourth-order valence-electron chi connectivity index (χ4n) is 3.40. The van der Waals surface area contributed by atoms with Gasteiger partial charge in [-0.1, -0.05) is 12.8 Å². The largest absolute Gasteiger partial charge is 0.381 e. The van der Waals surface area contributed by atoms with Gasteiger partial charge in [-0.25, -0.2) is 0 Å². The second kappa shape index (κ2) is 5.89. The molecule has 3 heteroatoms. The van der Waals surface area contributed by atoms with Crippen molar-refractivity contribution >= 4 is 0 Å². The SMILES string of the molecule is C(CNC1CCOC2(CCOCC2)C1)CC1CC1. The molecule has 18 heavy (non-hydrogen) atoms. The minimum absolute atomic E-state index is 0.144. The lowest BCUT2D eigenvalue weighted by molar-refractivity contribution is -0.140. The van der Waals surface area contributed by atoms with Crippen molar-refractivity contribution in [2.75, 3.05) is 26.4 Å². The summed E-state index contributed by atoms with van der Waals surface area (Å²) in [4.78, 5) is 0. The predicted octanol–water partition coefficient (Wildman–Crippen LogP) is 2.49. The van der Waals surface area contributed by atoms with E-state index in [0.717, 1.165) is 38.6 Å². The topological polar surface area (TPSA) is 30.5 Å². The van der Waals surface area contributed by atoms with Crippen molar-refractivity contribution < 1.29 is 9.47 Å². The summed E-state index contributed by atoms with van der Waals surface area (Å²) in [6.07, 6.45) is 10.3. The fourth-order valence-corrected chi connectivity index (χ4v) is 3.40. The van der Waals surface area contributed by atoms with Gasteiger partial charge in [-0.15, -0.1) is 0 Å². The molecule has 1 aliphatic carbocycles. The van der Waals surface area contributed by atoms with Crippen molar-refractivity contribution in [2.45, 2.75) is 63.0 Å². The zero-order valence-electron chi connectivity index (χ0n) is 11.5. The quantitative estimate of drug-likeness (QED) is 0.764. The van der Waals surface area contributed by atoms with Gasteiger partial charge in [0.25, 0.3) is 0 Å². The van der Waals surface area contributed by atoms with Crippen LogP contribution in [0.1, 0.15) is 51.4 Å². The highest BCUT2D eigenvalue weighted by Gasteiger charge is 2.38. The second-order valence-corrected chi connectivity index (χ2v) is 6.37. The molecule has 3 aliphatic rings. The summed E-state index contributed by atoms with van der Waals surface area (Å²) in [5, 5.41) is 3.76. The van der Waals surface area contributed by atoms with E-state index in [4.69, 9.17) is 9.47 Å². The second-order valence-electron chi connectivity index (χ2n) is 6.37. The van der Waals surface area contributed by atoms with Crippen LogP contribution in [0.5, 0.6) is 0 Å². The van der Waals surface area contributed by atoms with E-state index in [2.05, 4.69) is 5.32 Å². The van der Waals surface area contributed by atoms with Gasteiger partial charge < -0.3 is 14.8 Å². The lowest BCUT2D eigenvalue weighted by atomic mass is 9.84. The Labute approximate surface area is 111 Å². The first-order valence-corrected chi connectivity index (χ1v) is 7.81. The van der Waals surface area contributed by atoms with Crippen LogP contribution < -0.4 is 5.32 Å². The van der Waals surface area contributed by atoms with Crippen LogP contribution >= 0.6 is 0 Å². The molecule has 0 radical (unpaired) electrons. The Kier molecular flexibility index (Phi) is 4.22. The van der Waals surface area contributed by atoms with Gasteiger partial charge in [0.05, 0.1) is 5.60 Å². The number of hydrogen-bond acceptors (Lipinski definition) is 3. The van der Waals surface area contributed by atoms with Crippen LogP contribution in [0.3, 0.4) is 0 Å². The number of nitrogens with one attached hydrogen (secondary N) is 1. The molecular weight excluding hydrogens is 226 g/mol. The lowest BCUT2D eigenvalue weighted by Gasteiger charge is -2.43. The van der Waals surface area contributed by atoms with Crippen molar-refractivity contribution in [3.05, 3.63) is 0 Å². The fraction of sp³-hybridized carbons (Fsp3) is 1.00. The summed E-state index contributed by atoms with van der Waals surface area (Å²) in [6, 6.07) is 0.677. The molecule has 0 aromatic rings. The molecule has 0 bridgehead atoms. The van der Waals surface area contributed by atoms with Gasteiger partial charge in [0.15, 0.2) is 0 Å². The molecule has 0 aromatic heterocycles. The molecule has 1 N–H and O–H groups in total. The van der Waals surface area contributed by atoms with Gasteiger partial charge >= 0.3 is 0 Å². The molecule has 1 spiro atoms. The van der Waals surface area contributed by atoms with E-state index >= 15 is 0 Å². The smallest absolute Gasteiger partial charge is 0.0741 e. The Morgan fingerprint density at radius 3 is 2.67 bits per heavy atom. The first-order valence-electron chi connectivity index (χ1n) is 7.81. The molecule has 2 aliphatic heterocycles. The van der Waals surface area contributed by atoms with Crippen LogP contribution in [0.15, 0.2) is 0 Å². The highest BCUT2D eigenvalue weighted by Crippen LogP contribution is 2.35. The minimum Gasteiger partial charge on any atom is -0.381 e. The standard InChI is InChI=1S/C15H27NO2/c1(2-13-3-4-13)8-16-14-5-9-18-15(12-14)6-10-17-11-7-15/h13-14,16H,1-12H2. The van der Waals surface area contributed by atoms with Gasteiger partial charge in [-0.2, -0.15) is 0 Å². The Hall–Kier alpha value is -0.120. The number of ether oxygens (including phenoxy) is 2. The molecule has 1 atom stereocenters. The normalized spacial score (nSPS) is 31.7. The Morgan fingerprint density at radius 2 is 1.89 bits per heavy atom. The molecule has 3 fully saturated rings. The van der Waals surface area contributed by atoms with Crippen molar-refractivity contribution in [1.82, 2.24) is 5.32 Å². The van der Waals surface area contributed by atoms with Gasteiger partial charge in [0.2, 0.25) is 0 Å². The van der Waals surface area contributed by atoms with Crippen LogP contribution in [0, 0.1) is 5.92 Å². The van der Waals surface area contributed by atoms with E-state index in [1.807, 2.05) is 0 Å². The summed E-state index contributed by atoms with van der Waals surface area (Å²) < 4.78 is 11.5. The summed E-state index contributed by atoms with van der Waals surface area (Å²) >= 11 is 0. The maximum absolute atomic E-state index is 6.07. The molecule has 0 amide bonds. The minimum atomic E-state index is 0.144. The van der Waals surface area contributed by atoms with E-state index in [1.54, 1.807) is 0 Å². The van der Waals surface area contributed by atoms with E-state index < -0.39 is 0 Å². The van der Waals surface area contributed by atoms with Crippen molar-refractivity contribution in [3.63, 3.8) is 0 Å². The Bertz CT molecular complexity index is 254. The van der Waals surface area contributed by atoms with Crippen LogP contribution in [0.25, 0.3) is 0 Å². The Balaban J connectivity index is 1.38. The van der Waals surface area contributed by atoms with Gasteiger partial charge in [-0.3, -0.25) is 0 Å². The van der Waals surface area contributed by atoms with Crippen LogP contribution in [-0.4, -0.2) is 38.0 Å². The van der Waals surface area contributed by atoms with E-state index in [9.17, 15) is 0 Å². The molecule has 2 saturated heterocycles.